The van der Waals surface area contributed by atoms with E-state index in [2.05, 4.69) is 37.2 Å². The fraction of sp³-hybridized carbons (Fsp3) is 0.118. The number of rotatable bonds is 6. The number of para-hydroxylation sites is 1. The minimum Gasteiger partial charge on any atom is -0.306 e. The fourth-order valence-corrected chi connectivity index (χ4v) is 3.33. The molecule has 0 saturated carbocycles. The molecule has 0 saturated heterocycles. The van der Waals surface area contributed by atoms with Gasteiger partial charge in [-0.05, 0) is 23.6 Å². The molecule has 0 unspecified atom stereocenters. The van der Waals surface area contributed by atoms with E-state index < -0.39 is 0 Å². The number of thiophene rings is 1. The zero-order valence-corrected chi connectivity index (χ0v) is 14.9. The lowest BCUT2D eigenvalue weighted by atomic mass is 10.2. The minimum absolute atomic E-state index is 0. The van der Waals surface area contributed by atoms with Gasteiger partial charge < -0.3 is 5.32 Å². The molecule has 0 amide bonds. The molecule has 0 aliphatic heterocycles. The monoisotopic (exact) mass is 372 g/mol. The molecule has 4 aromatic rings. The Bertz CT molecular complexity index is 900. The van der Waals surface area contributed by atoms with Crippen LogP contribution >= 0.6 is 23.7 Å². The molecule has 6 nitrogen and oxygen atoms in total. The molecule has 0 atom stereocenters. The van der Waals surface area contributed by atoms with Crippen LogP contribution in [0.2, 0.25) is 0 Å². The first-order chi connectivity index (χ1) is 11.9. The van der Waals surface area contributed by atoms with E-state index >= 15 is 0 Å². The molecule has 3 heterocycles. The van der Waals surface area contributed by atoms with Gasteiger partial charge in [-0.3, -0.25) is 9.67 Å². The molecule has 0 bridgehead atoms. The van der Waals surface area contributed by atoms with Gasteiger partial charge in [0.2, 0.25) is 0 Å². The first-order valence-corrected chi connectivity index (χ1v) is 8.51. The van der Waals surface area contributed by atoms with E-state index in [-0.39, 0.29) is 12.4 Å². The molecule has 128 valence electrons. The average molecular weight is 373 g/mol. The summed E-state index contributed by atoms with van der Waals surface area (Å²) in [5, 5.41) is 21.0. The Hall–Kier alpha value is -2.48. The zero-order chi connectivity index (χ0) is 16.2. The summed E-state index contributed by atoms with van der Waals surface area (Å²) in [6.45, 7) is 1.34. The predicted molar refractivity (Wildman–Crippen MR) is 101 cm³/mol. The topological polar surface area (TPSA) is 71.4 Å². The van der Waals surface area contributed by atoms with Crippen LogP contribution in [0.3, 0.4) is 0 Å². The standard InChI is InChI=1S/C17H16N6S.ClH/c1-2-5-14(6-3-1)23-12-20-21-16(23)11-18-9-13-10-19-22-17(13)15-7-4-8-24-15;/h1-8,10,12,18H,9,11H2,(H,19,22);1H. The maximum Gasteiger partial charge on any atom is 0.151 e. The third-order valence-electron chi connectivity index (χ3n) is 3.74. The minimum atomic E-state index is 0. The van der Waals surface area contributed by atoms with Gasteiger partial charge in [-0.2, -0.15) is 5.10 Å². The molecular weight excluding hydrogens is 356 g/mol. The summed E-state index contributed by atoms with van der Waals surface area (Å²) in [5.41, 5.74) is 3.27. The molecule has 8 heteroatoms. The highest BCUT2D eigenvalue weighted by Gasteiger charge is 2.10. The van der Waals surface area contributed by atoms with Crippen LogP contribution in [0.4, 0.5) is 0 Å². The van der Waals surface area contributed by atoms with Gasteiger partial charge >= 0.3 is 0 Å². The van der Waals surface area contributed by atoms with Crippen LogP contribution in [0, 0.1) is 0 Å². The van der Waals surface area contributed by atoms with Gasteiger partial charge in [0, 0.05) is 17.8 Å². The normalized spacial score (nSPS) is 10.6. The quantitative estimate of drug-likeness (QED) is 0.544. The highest BCUT2D eigenvalue weighted by atomic mass is 35.5. The van der Waals surface area contributed by atoms with Crippen molar-refractivity contribution in [3.8, 4) is 16.3 Å². The zero-order valence-electron chi connectivity index (χ0n) is 13.3. The Labute approximate surface area is 155 Å². The van der Waals surface area contributed by atoms with Crippen LogP contribution < -0.4 is 5.32 Å². The van der Waals surface area contributed by atoms with Crippen molar-refractivity contribution in [2.45, 2.75) is 13.1 Å². The number of H-pyrrole nitrogens is 1. The third-order valence-corrected chi connectivity index (χ3v) is 4.62. The largest absolute Gasteiger partial charge is 0.306 e. The number of hydrogen-bond acceptors (Lipinski definition) is 5. The maximum atomic E-state index is 4.21. The van der Waals surface area contributed by atoms with E-state index in [4.69, 9.17) is 0 Å². The second kappa shape index (κ2) is 8.06. The lowest BCUT2D eigenvalue weighted by Gasteiger charge is -2.07. The Morgan fingerprint density at radius 3 is 2.76 bits per heavy atom. The van der Waals surface area contributed by atoms with E-state index in [9.17, 15) is 0 Å². The molecule has 0 fully saturated rings. The van der Waals surface area contributed by atoms with Crippen LogP contribution in [0.1, 0.15) is 11.4 Å². The van der Waals surface area contributed by atoms with Gasteiger partial charge in [0.25, 0.3) is 0 Å². The fourth-order valence-electron chi connectivity index (χ4n) is 2.57. The second-order valence-electron chi connectivity index (χ2n) is 5.30. The van der Waals surface area contributed by atoms with E-state index in [1.807, 2.05) is 47.2 Å². The van der Waals surface area contributed by atoms with Gasteiger partial charge in [0.05, 0.1) is 23.3 Å². The first-order valence-electron chi connectivity index (χ1n) is 7.63. The summed E-state index contributed by atoms with van der Waals surface area (Å²) >= 11 is 1.70. The summed E-state index contributed by atoms with van der Waals surface area (Å²) in [5.74, 6) is 0.877. The van der Waals surface area contributed by atoms with Gasteiger partial charge in [-0.15, -0.1) is 33.9 Å². The Morgan fingerprint density at radius 1 is 1.08 bits per heavy atom. The lowest BCUT2D eigenvalue weighted by Crippen LogP contribution is -2.16. The van der Waals surface area contributed by atoms with Crippen molar-refractivity contribution >= 4 is 23.7 Å². The summed E-state index contributed by atoms with van der Waals surface area (Å²) in [4.78, 5) is 1.19. The van der Waals surface area contributed by atoms with Crippen molar-refractivity contribution in [1.82, 2.24) is 30.3 Å². The molecule has 0 aliphatic carbocycles. The Kier molecular flexibility index (Phi) is 5.60. The first kappa shape index (κ1) is 17.3. The van der Waals surface area contributed by atoms with E-state index in [1.54, 1.807) is 17.7 Å². The lowest BCUT2D eigenvalue weighted by molar-refractivity contribution is 0.652. The predicted octanol–water partition coefficient (Wildman–Crippen LogP) is 3.43. The van der Waals surface area contributed by atoms with Crippen LogP contribution in [0.5, 0.6) is 0 Å². The van der Waals surface area contributed by atoms with Gasteiger partial charge in [-0.25, -0.2) is 0 Å². The summed E-state index contributed by atoms with van der Waals surface area (Å²) < 4.78 is 1.99. The third kappa shape index (κ3) is 3.79. The summed E-state index contributed by atoms with van der Waals surface area (Å²) in [6.07, 6.45) is 3.60. The van der Waals surface area contributed by atoms with Crippen LogP contribution in [0.25, 0.3) is 16.3 Å². The van der Waals surface area contributed by atoms with Crippen molar-refractivity contribution in [3.05, 3.63) is 71.8 Å². The molecule has 4 rings (SSSR count). The van der Waals surface area contributed by atoms with Crippen LogP contribution in [0.15, 0.2) is 60.4 Å². The van der Waals surface area contributed by atoms with E-state index in [1.165, 1.54) is 4.88 Å². The van der Waals surface area contributed by atoms with Crippen molar-refractivity contribution in [2.75, 3.05) is 0 Å². The molecule has 2 N–H and O–H groups in total. The maximum absolute atomic E-state index is 4.21. The van der Waals surface area contributed by atoms with Gasteiger partial charge in [0.15, 0.2) is 5.82 Å². The van der Waals surface area contributed by atoms with Gasteiger partial charge in [-0.1, -0.05) is 24.3 Å². The summed E-state index contributed by atoms with van der Waals surface area (Å²) in [7, 11) is 0. The molecular formula is C17H17ClN6S. The Balaban J connectivity index is 0.00000182. The molecule has 0 spiro atoms. The number of aromatic amines is 1. The average Bonchev–Trinajstić information content (AvgIpc) is 3.37. The van der Waals surface area contributed by atoms with E-state index in [0.717, 1.165) is 22.8 Å². The molecule has 3 aromatic heterocycles. The van der Waals surface area contributed by atoms with Crippen molar-refractivity contribution in [2.24, 2.45) is 0 Å². The Morgan fingerprint density at radius 2 is 1.96 bits per heavy atom. The van der Waals surface area contributed by atoms with Crippen LogP contribution in [-0.2, 0) is 13.1 Å². The second-order valence-corrected chi connectivity index (χ2v) is 6.25. The highest BCUT2D eigenvalue weighted by Crippen LogP contribution is 2.25. The molecule has 1 aromatic carbocycles. The van der Waals surface area contributed by atoms with Crippen molar-refractivity contribution in [1.29, 1.82) is 0 Å². The number of nitrogens with one attached hydrogen (secondary N) is 2. The van der Waals surface area contributed by atoms with E-state index in [0.29, 0.717) is 13.1 Å². The van der Waals surface area contributed by atoms with Crippen LogP contribution in [-0.4, -0.2) is 25.0 Å². The molecule has 0 aliphatic rings. The number of nitrogens with zero attached hydrogens (tertiary/aromatic N) is 4. The smallest absolute Gasteiger partial charge is 0.151 e. The van der Waals surface area contributed by atoms with Crippen molar-refractivity contribution < 1.29 is 0 Å². The number of benzene rings is 1. The number of hydrogen-bond donors (Lipinski definition) is 2. The SMILES string of the molecule is Cl.c1ccc(-n2cnnc2CNCc2cn[nH]c2-c2cccs2)cc1. The van der Waals surface area contributed by atoms with Crippen molar-refractivity contribution in [3.63, 3.8) is 0 Å². The summed E-state index contributed by atoms with van der Waals surface area (Å²) in [6, 6.07) is 14.2. The van der Waals surface area contributed by atoms with Gasteiger partial charge in [0.1, 0.15) is 6.33 Å². The number of aromatic nitrogens is 5. The molecule has 0 radical (unpaired) electrons. The molecule has 25 heavy (non-hydrogen) atoms. The number of halogens is 1. The highest BCUT2D eigenvalue weighted by molar-refractivity contribution is 7.13.